The second-order valence-electron chi connectivity index (χ2n) is 13.4. The van der Waals surface area contributed by atoms with Crippen molar-refractivity contribution in [3.05, 3.63) is 176 Å². The van der Waals surface area contributed by atoms with Crippen LogP contribution in [0.4, 0.5) is 0 Å². The van der Waals surface area contributed by atoms with E-state index < -0.39 is 0 Å². The molecule has 54 heavy (non-hydrogen) atoms. The molecule has 0 spiro atoms. The number of hydrogen-bond acceptors (Lipinski definition) is 5. The average Bonchev–Trinajstić information content (AvgIpc) is 3.80. The summed E-state index contributed by atoms with van der Waals surface area (Å²) in [4.78, 5) is 19.9. The Morgan fingerprint density at radius 1 is 0.389 bits per heavy atom. The van der Waals surface area contributed by atoms with Crippen molar-refractivity contribution < 1.29 is 4.42 Å². The van der Waals surface area contributed by atoms with Crippen molar-refractivity contribution in [1.82, 2.24) is 24.5 Å². The monoisotopic (exact) mass is 691 g/mol. The van der Waals surface area contributed by atoms with Gasteiger partial charge in [-0.05, 0) is 52.7 Å². The maximum atomic E-state index is 6.43. The Labute approximate surface area is 309 Å². The molecule has 0 aliphatic rings. The van der Waals surface area contributed by atoms with Crippen molar-refractivity contribution in [2.24, 2.45) is 0 Å². The third-order valence-corrected chi connectivity index (χ3v) is 10.4. The van der Waals surface area contributed by atoms with E-state index in [1.54, 1.807) is 6.20 Å². The fraction of sp³-hybridized carbons (Fsp3) is 0. The Bertz CT molecular complexity index is 3180. The van der Waals surface area contributed by atoms with Crippen LogP contribution < -0.4 is 0 Å². The average molecular weight is 692 g/mol. The van der Waals surface area contributed by atoms with Crippen LogP contribution in [0.1, 0.15) is 0 Å². The van der Waals surface area contributed by atoms with Gasteiger partial charge in [0, 0.05) is 50.0 Å². The molecule has 0 atom stereocenters. The summed E-state index contributed by atoms with van der Waals surface area (Å²) < 4.78 is 8.75. The summed E-state index contributed by atoms with van der Waals surface area (Å²) in [5, 5.41) is 6.63. The van der Waals surface area contributed by atoms with Crippen LogP contribution in [0.5, 0.6) is 0 Å². The van der Waals surface area contributed by atoms with E-state index in [2.05, 4.69) is 137 Å². The lowest BCUT2D eigenvalue weighted by molar-refractivity contribution is 0.668. The van der Waals surface area contributed by atoms with Gasteiger partial charge < -0.3 is 8.98 Å². The molecule has 0 N–H and O–H groups in total. The van der Waals surface area contributed by atoms with Crippen LogP contribution >= 0.6 is 0 Å². The molecule has 6 nitrogen and oxygen atoms in total. The van der Waals surface area contributed by atoms with Crippen LogP contribution in [0, 0.1) is 0 Å². The van der Waals surface area contributed by atoms with Gasteiger partial charge in [-0.15, -0.1) is 0 Å². The minimum absolute atomic E-state index is 0.602. The normalized spacial score (nSPS) is 11.7. The zero-order valence-corrected chi connectivity index (χ0v) is 28.9. The standard InChI is InChI=1S/C48H29N5O/c1-2-13-30(14-3-1)46-50-47(52-48(51-46)40-19-8-11-24-43(40)53-41-22-9-6-17-34(41)35-18-7-10-23-42(35)53)39-26-25-33(31-15-4-5-16-32(31)39)37-20-12-21-38-36-27-28-49-29-44(36)54-45(37)38/h1-29H. The fourth-order valence-corrected chi connectivity index (χ4v) is 7.97. The predicted molar refractivity (Wildman–Crippen MR) is 218 cm³/mol. The lowest BCUT2D eigenvalue weighted by atomic mass is 9.93. The Balaban J connectivity index is 1.15. The highest BCUT2D eigenvalue weighted by Crippen LogP contribution is 2.41. The summed E-state index contributed by atoms with van der Waals surface area (Å²) >= 11 is 0. The van der Waals surface area contributed by atoms with E-state index in [0.29, 0.717) is 17.5 Å². The predicted octanol–water partition coefficient (Wildman–Crippen LogP) is 12.1. The van der Waals surface area contributed by atoms with Gasteiger partial charge in [0.1, 0.15) is 5.58 Å². The van der Waals surface area contributed by atoms with Crippen LogP contribution in [-0.4, -0.2) is 24.5 Å². The molecule has 4 aromatic heterocycles. The largest absolute Gasteiger partial charge is 0.454 e. The summed E-state index contributed by atoms with van der Waals surface area (Å²) in [6.07, 6.45) is 3.59. The zero-order chi connectivity index (χ0) is 35.6. The van der Waals surface area contributed by atoms with Crippen molar-refractivity contribution in [3.63, 3.8) is 0 Å². The van der Waals surface area contributed by atoms with E-state index >= 15 is 0 Å². The maximum Gasteiger partial charge on any atom is 0.166 e. The van der Waals surface area contributed by atoms with E-state index in [9.17, 15) is 0 Å². The third-order valence-electron chi connectivity index (χ3n) is 10.4. The lowest BCUT2D eigenvalue weighted by Crippen LogP contribution is -2.04. The second kappa shape index (κ2) is 12.1. The highest BCUT2D eigenvalue weighted by molar-refractivity contribution is 6.13. The Hall–Kier alpha value is -7.44. The van der Waals surface area contributed by atoms with Crippen LogP contribution in [0.25, 0.3) is 105 Å². The fourth-order valence-electron chi connectivity index (χ4n) is 7.97. The van der Waals surface area contributed by atoms with Gasteiger partial charge in [0.05, 0.1) is 22.9 Å². The van der Waals surface area contributed by atoms with E-state index in [4.69, 9.17) is 19.4 Å². The van der Waals surface area contributed by atoms with Gasteiger partial charge >= 0.3 is 0 Å². The minimum atomic E-state index is 0.602. The molecule has 0 fully saturated rings. The van der Waals surface area contributed by atoms with E-state index in [-0.39, 0.29) is 0 Å². The molecule has 0 aliphatic carbocycles. The van der Waals surface area contributed by atoms with Crippen molar-refractivity contribution >= 4 is 54.5 Å². The molecule has 0 unspecified atom stereocenters. The van der Waals surface area contributed by atoms with E-state index in [0.717, 1.165) is 77.2 Å². The maximum absolute atomic E-state index is 6.43. The van der Waals surface area contributed by atoms with Gasteiger partial charge in [0.2, 0.25) is 0 Å². The highest BCUT2D eigenvalue weighted by atomic mass is 16.3. The number of fused-ring (bicyclic) bond motifs is 7. The molecule has 252 valence electrons. The third kappa shape index (κ3) is 4.67. The first-order valence-electron chi connectivity index (χ1n) is 18.0. The number of nitrogens with zero attached hydrogens (tertiary/aromatic N) is 5. The zero-order valence-electron chi connectivity index (χ0n) is 28.9. The molecule has 4 heterocycles. The molecule has 0 radical (unpaired) electrons. The van der Waals surface area contributed by atoms with Crippen molar-refractivity contribution in [2.45, 2.75) is 0 Å². The smallest absolute Gasteiger partial charge is 0.166 e. The van der Waals surface area contributed by atoms with Crippen molar-refractivity contribution in [1.29, 1.82) is 0 Å². The minimum Gasteiger partial charge on any atom is -0.454 e. The summed E-state index contributed by atoms with van der Waals surface area (Å²) in [6.45, 7) is 0. The van der Waals surface area contributed by atoms with Crippen LogP contribution in [0.2, 0.25) is 0 Å². The number of aromatic nitrogens is 5. The molecule has 0 aliphatic heterocycles. The topological polar surface area (TPSA) is 69.6 Å². The second-order valence-corrected chi connectivity index (χ2v) is 13.4. The van der Waals surface area contributed by atoms with Crippen LogP contribution in [-0.2, 0) is 0 Å². The van der Waals surface area contributed by atoms with Gasteiger partial charge in [-0.3, -0.25) is 4.98 Å². The first-order chi connectivity index (χ1) is 26.8. The summed E-state index contributed by atoms with van der Waals surface area (Å²) in [6, 6.07) is 56.7. The van der Waals surface area contributed by atoms with Gasteiger partial charge in [0.25, 0.3) is 0 Å². The number of hydrogen-bond donors (Lipinski definition) is 0. The van der Waals surface area contributed by atoms with E-state index in [1.807, 2.05) is 42.6 Å². The number of benzene rings is 7. The number of rotatable bonds is 5. The Kier molecular flexibility index (Phi) is 6.75. The molecular weight excluding hydrogens is 663 g/mol. The summed E-state index contributed by atoms with van der Waals surface area (Å²) in [5.74, 6) is 1.82. The Morgan fingerprint density at radius 3 is 1.74 bits per heavy atom. The number of para-hydroxylation sites is 4. The van der Waals surface area contributed by atoms with Gasteiger partial charge in [-0.1, -0.05) is 127 Å². The summed E-state index contributed by atoms with van der Waals surface area (Å²) in [7, 11) is 0. The molecule has 0 bridgehead atoms. The molecule has 11 aromatic rings. The molecule has 6 heteroatoms. The lowest BCUT2D eigenvalue weighted by Gasteiger charge is -2.15. The van der Waals surface area contributed by atoms with Crippen LogP contribution in [0.15, 0.2) is 181 Å². The highest BCUT2D eigenvalue weighted by Gasteiger charge is 2.21. The van der Waals surface area contributed by atoms with E-state index in [1.165, 1.54) is 10.8 Å². The first kappa shape index (κ1) is 30.2. The quantitative estimate of drug-likeness (QED) is 0.180. The molecule has 11 rings (SSSR count). The molecule has 0 amide bonds. The van der Waals surface area contributed by atoms with Crippen molar-refractivity contribution in [2.75, 3.05) is 0 Å². The van der Waals surface area contributed by atoms with Crippen molar-refractivity contribution in [3.8, 4) is 51.0 Å². The van der Waals surface area contributed by atoms with Gasteiger partial charge in [0.15, 0.2) is 23.1 Å². The van der Waals surface area contributed by atoms with Crippen LogP contribution in [0.3, 0.4) is 0 Å². The first-order valence-corrected chi connectivity index (χ1v) is 18.0. The summed E-state index contributed by atoms with van der Waals surface area (Å²) in [5.41, 5.74) is 9.71. The number of pyridine rings is 1. The van der Waals surface area contributed by atoms with Gasteiger partial charge in [-0.2, -0.15) is 0 Å². The number of furan rings is 1. The molecule has 0 saturated carbocycles. The molecule has 7 aromatic carbocycles. The van der Waals surface area contributed by atoms with Gasteiger partial charge in [-0.25, -0.2) is 15.0 Å². The SMILES string of the molecule is c1ccc(-c2nc(-c3ccccc3-n3c4ccccc4c4ccccc43)nc(-c3ccc(-c4cccc5c4oc4cnccc45)c4ccccc34)n2)cc1. The molecule has 0 saturated heterocycles. The molecular formula is C48H29N5O. The Morgan fingerprint density at radius 2 is 0.963 bits per heavy atom.